The standard InChI is InChI=1S/C30H25BrN2O3/c1-30(2)24-12-5-7-14-27(24)33(3)28(30)16-21(34)18-36-29(35)23-17-26(19-9-8-10-20(31)15-19)32-25-13-6-4-11-22(23)25/h4-17H,18H2,1-3H3. The van der Waals surface area contributed by atoms with Crippen LogP contribution in [-0.4, -0.2) is 30.4 Å². The number of aromatic nitrogens is 1. The van der Waals surface area contributed by atoms with E-state index < -0.39 is 5.97 Å². The first-order valence-electron chi connectivity index (χ1n) is 11.7. The van der Waals surface area contributed by atoms with Gasteiger partial charge in [-0.2, -0.15) is 0 Å². The fourth-order valence-electron chi connectivity index (χ4n) is 4.81. The van der Waals surface area contributed by atoms with Crippen LogP contribution in [0.25, 0.3) is 22.2 Å². The summed E-state index contributed by atoms with van der Waals surface area (Å²) < 4.78 is 6.43. The zero-order valence-corrected chi connectivity index (χ0v) is 21.9. The fourth-order valence-corrected chi connectivity index (χ4v) is 5.21. The summed E-state index contributed by atoms with van der Waals surface area (Å²) in [6, 6.07) is 25.0. The van der Waals surface area contributed by atoms with E-state index in [1.54, 1.807) is 12.1 Å². The van der Waals surface area contributed by atoms with Crippen LogP contribution in [0.2, 0.25) is 0 Å². The molecule has 3 aromatic carbocycles. The third-order valence-electron chi connectivity index (χ3n) is 6.64. The summed E-state index contributed by atoms with van der Waals surface area (Å²) in [6.45, 7) is 3.84. The molecule has 1 aliphatic rings. The zero-order chi connectivity index (χ0) is 25.4. The molecule has 0 unspecified atom stereocenters. The van der Waals surface area contributed by atoms with Gasteiger partial charge in [0.2, 0.25) is 0 Å². The number of hydrogen-bond acceptors (Lipinski definition) is 5. The molecule has 0 aliphatic carbocycles. The van der Waals surface area contributed by atoms with E-state index in [-0.39, 0.29) is 17.8 Å². The van der Waals surface area contributed by atoms with Gasteiger partial charge in [0, 0.05) is 45.3 Å². The lowest BCUT2D eigenvalue weighted by atomic mass is 9.83. The van der Waals surface area contributed by atoms with Crippen LogP contribution in [0.15, 0.2) is 95.1 Å². The maximum Gasteiger partial charge on any atom is 0.339 e. The van der Waals surface area contributed by atoms with Gasteiger partial charge in [-0.15, -0.1) is 0 Å². The Bertz CT molecular complexity index is 1540. The molecule has 1 aromatic heterocycles. The van der Waals surface area contributed by atoms with Gasteiger partial charge in [-0.05, 0) is 35.9 Å². The Labute approximate surface area is 218 Å². The van der Waals surface area contributed by atoms with Crippen molar-refractivity contribution in [3.63, 3.8) is 0 Å². The number of likely N-dealkylation sites (N-methyl/N-ethyl adjacent to an activating group) is 1. The Morgan fingerprint density at radius 3 is 2.53 bits per heavy atom. The van der Waals surface area contributed by atoms with Gasteiger partial charge in [0.1, 0.15) is 0 Å². The minimum atomic E-state index is -0.557. The second-order valence-corrected chi connectivity index (χ2v) is 10.3. The van der Waals surface area contributed by atoms with E-state index in [4.69, 9.17) is 9.72 Å². The summed E-state index contributed by atoms with van der Waals surface area (Å²) in [5.41, 5.74) is 5.36. The minimum absolute atomic E-state index is 0.267. The second kappa shape index (κ2) is 9.36. The number of rotatable bonds is 5. The number of ketones is 1. The number of ether oxygens (including phenoxy) is 1. The zero-order valence-electron chi connectivity index (χ0n) is 20.3. The first kappa shape index (κ1) is 23.9. The number of benzene rings is 3. The number of para-hydroxylation sites is 2. The van der Waals surface area contributed by atoms with Crippen LogP contribution in [0.1, 0.15) is 29.8 Å². The molecule has 0 fully saturated rings. The summed E-state index contributed by atoms with van der Waals surface area (Å²) in [7, 11) is 1.95. The number of allylic oxidation sites excluding steroid dienone is 1. The molecule has 0 saturated heterocycles. The summed E-state index contributed by atoms with van der Waals surface area (Å²) >= 11 is 3.49. The largest absolute Gasteiger partial charge is 0.454 e. The number of esters is 1. The van der Waals surface area contributed by atoms with E-state index >= 15 is 0 Å². The van der Waals surface area contributed by atoms with Gasteiger partial charge in [-0.3, -0.25) is 4.79 Å². The molecule has 5 rings (SSSR count). The molecule has 0 amide bonds. The van der Waals surface area contributed by atoms with Gasteiger partial charge < -0.3 is 9.64 Å². The summed E-state index contributed by atoms with van der Waals surface area (Å²) in [5, 5.41) is 0.680. The molecular weight excluding hydrogens is 516 g/mol. The van der Waals surface area contributed by atoms with Gasteiger partial charge >= 0.3 is 5.97 Å². The molecule has 0 N–H and O–H groups in total. The van der Waals surface area contributed by atoms with E-state index in [1.165, 1.54) is 0 Å². The molecule has 0 spiro atoms. The monoisotopic (exact) mass is 540 g/mol. The molecule has 5 nitrogen and oxygen atoms in total. The van der Waals surface area contributed by atoms with Crippen molar-refractivity contribution >= 4 is 44.3 Å². The normalized spacial score (nSPS) is 15.2. The topological polar surface area (TPSA) is 59.5 Å². The van der Waals surface area contributed by atoms with E-state index in [0.717, 1.165) is 27.0 Å². The average molecular weight is 541 g/mol. The molecule has 180 valence electrons. The van der Waals surface area contributed by atoms with E-state index in [9.17, 15) is 9.59 Å². The van der Waals surface area contributed by atoms with E-state index in [2.05, 4.69) is 35.8 Å². The van der Waals surface area contributed by atoms with Crippen LogP contribution in [0.5, 0.6) is 0 Å². The maximum atomic E-state index is 13.2. The minimum Gasteiger partial charge on any atom is -0.454 e. The first-order valence-corrected chi connectivity index (χ1v) is 12.5. The van der Waals surface area contributed by atoms with Crippen molar-refractivity contribution in [1.29, 1.82) is 0 Å². The van der Waals surface area contributed by atoms with Gasteiger partial charge in [0.15, 0.2) is 12.4 Å². The predicted octanol–water partition coefficient (Wildman–Crippen LogP) is 6.70. The Kier molecular flexibility index (Phi) is 6.22. The van der Waals surface area contributed by atoms with Crippen molar-refractivity contribution in [2.24, 2.45) is 0 Å². The van der Waals surface area contributed by atoms with Crippen molar-refractivity contribution in [3.8, 4) is 11.3 Å². The SMILES string of the molecule is CN1C(=CC(=O)COC(=O)c2cc(-c3cccc(Br)c3)nc3ccccc23)C(C)(C)c2ccccc21. The molecule has 6 heteroatoms. The highest BCUT2D eigenvalue weighted by Crippen LogP contribution is 2.46. The Morgan fingerprint density at radius 1 is 1.00 bits per heavy atom. The molecule has 4 aromatic rings. The molecular formula is C30H25BrN2O3. The number of nitrogens with zero attached hydrogens (tertiary/aromatic N) is 2. The summed E-state index contributed by atoms with van der Waals surface area (Å²) in [5.74, 6) is -0.824. The van der Waals surface area contributed by atoms with Crippen LogP contribution < -0.4 is 4.90 Å². The van der Waals surface area contributed by atoms with Crippen LogP contribution in [0.3, 0.4) is 0 Å². The lowest BCUT2D eigenvalue weighted by molar-refractivity contribution is -0.117. The Balaban J connectivity index is 1.40. The smallest absolute Gasteiger partial charge is 0.339 e. The lowest BCUT2D eigenvalue weighted by Crippen LogP contribution is -2.25. The second-order valence-electron chi connectivity index (χ2n) is 9.36. The highest BCUT2D eigenvalue weighted by atomic mass is 79.9. The number of carbonyl (C=O) groups excluding carboxylic acids is 2. The number of carbonyl (C=O) groups is 2. The van der Waals surface area contributed by atoms with Gasteiger partial charge in [0.25, 0.3) is 0 Å². The quantitative estimate of drug-likeness (QED) is 0.208. The average Bonchev–Trinajstić information content (AvgIpc) is 3.07. The number of anilines is 1. The molecule has 1 aliphatic heterocycles. The van der Waals surface area contributed by atoms with Crippen molar-refractivity contribution < 1.29 is 14.3 Å². The molecule has 0 atom stereocenters. The number of fused-ring (bicyclic) bond motifs is 2. The van der Waals surface area contributed by atoms with Crippen LogP contribution >= 0.6 is 15.9 Å². The predicted molar refractivity (Wildman–Crippen MR) is 146 cm³/mol. The lowest BCUT2D eigenvalue weighted by Gasteiger charge is -2.23. The summed E-state index contributed by atoms with van der Waals surface area (Å²) in [6.07, 6.45) is 1.59. The van der Waals surface area contributed by atoms with Crippen molar-refractivity contribution in [1.82, 2.24) is 4.98 Å². The maximum absolute atomic E-state index is 13.2. The van der Waals surface area contributed by atoms with Crippen molar-refractivity contribution in [2.45, 2.75) is 19.3 Å². The van der Waals surface area contributed by atoms with E-state index in [1.807, 2.05) is 78.7 Å². The van der Waals surface area contributed by atoms with Gasteiger partial charge in [-0.1, -0.05) is 78.3 Å². The molecule has 0 radical (unpaired) electrons. The number of pyridine rings is 1. The van der Waals surface area contributed by atoms with Crippen LogP contribution in [0.4, 0.5) is 5.69 Å². The first-order chi connectivity index (χ1) is 17.3. The number of halogens is 1. The molecule has 0 bridgehead atoms. The van der Waals surface area contributed by atoms with Gasteiger partial charge in [0.05, 0.1) is 16.8 Å². The van der Waals surface area contributed by atoms with Crippen molar-refractivity contribution in [2.75, 3.05) is 18.6 Å². The van der Waals surface area contributed by atoms with Gasteiger partial charge in [-0.25, -0.2) is 9.78 Å². The number of hydrogen-bond donors (Lipinski definition) is 0. The third kappa shape index (κ3) is 4.33. The van der Waals surface area contributed by atoms with Crippen molar-refractivity contribution in [3.05, 3.63) is 106 Å². The third-order valence-corrected chi connectivity index (χ3v) is 7.13. The molecule has 0 saturated carbocycles. The molecule has 2 heterocycles. The summed E-state index contributed by atoms with van der Waals surface area (Å²) in [4.78, 5) is 32.8. The Hall–Kier alpha value is -3.77. The fraction of sp³-hybridized carbons (Fsp3) is 0.167. The van der Waals surface area contributed by atoms with Crippen LogP contribution in [-0.2, 0) is 14.9 Å². The highest BCUT2D eigenvalue weighted by Gasteiger charge is 2.38. The Morgan fingerprint density at radius 2 is 1.75 bits per heavy atom. The van der Waals surface area contributed by atoms with Crippen LogP contribution in [0, 0.1) is 0 Å². The van der Waals surface area contributed by atoms with E-state index in [0.29, 0.717) is 22.2 Å². The highest BCUT2D eigenvalue weighted by molar-refractivity contribution is 9.10. The molecule has 36 heavy (non-hydrogen) atoms.